The Morgan fingerprint density at radius 3 is 3.00 bits per heavy atom. The first-order valence-corrected chi connectivity index (χ1v) is 4.61. The predicted octanol–water partition coefficient (Wildman–Crippen LogP) is 3.12. The predicted molar refractivity (Wildman–Crippen MR) is 53.2 cm³/mol. The van der Waals surface area contributed by atoms with E-state index in [1.54, 1.807) is 0 Å². The fraction of sp³-hybridized carbons (Fsp3) is 0.556. The molecule has 1 rings (SSSR count). The van der Waals surface area contributed by atoms with Gasteiger partial charge in [-0.2, -0.15) is 0 Å². The normalized spacial score (nSPS) is 23.7. The smallest absolute Gasteiger partial charge is 0.106 e. The summed E-state index contributed by atoms with van der Waals surface area (Å²) in [5, 5.41) is 8.21. The minimum absolute atomic E-state index is 0.666. The van der Waals surface area contributed by atoms with E-state index in [0.717, 1.165) is 31.4 Å². The highest BCUT2D eigenvalue weighted by atomic mass is 35.5. The molecule has 0 spiro atoms. The summed E-state index contributed by atoms with van der Waals surface area (Å²) in [7, 11) is 0. The molecule has 0 saturated heterocycles. The fourth-order valence-corrected chi connectivity index (χ4v) is 1.37. The number of aliphatic imine (C=N–C) groups is 1. The van der Waals surface area contributed by atoms with Crippen molar-refractivity contribution in [3.63, 3.8) is 0 Å². The Morgan fingerprint density at radius 2 is 2.33 bits per heavy atom. The second-order valence-electron chi connectivity index (χ2n) is 2.86. The van der Waals surface area contributed by atoms with Crippen molar-refractivity contribution < 1.29 is 0 Å². The van der Waals surface area contributed by atoms with E-state index in [1.165, 1.54) is 0 Å². The summed E-state index contributed by atoms with van der Waals surface area (Å²) in [6.45, 7) is 2.02. The van der Waals surface area contributed by atoms with Gasteiger partial charge < -0.3 is 5.41 Å². The largest absolute Gasteiger partial charge is 0.305 e. The molecule has 1 aliphatic rings. The summed E-state index contributed by atoms with van der Waals surface area (Å²) in [6, 6.07) is 0. The Morgan fingerprint density at radius 1 is 1.58 bits per heavy atom. The highest BCUT2D eigenvalue weighted by molar-refractivity contribution is 6.65. The number of nitrogens with zero attached hydrogens (tertiary/aromatic N) is 1. The molecule has 0 saturated carbocycles. The number of allylic oxidation sites excluding steroid dienone is 2. The molecule has 0 aromatic carbocycles. The molecule has 1 N–H and O–H groups in total. The van der Waals surface area contributed by atoms with E-state index in [2.05, 4.69) is 4.99 Å². The first-order valence-electron chi connectivity index (χ1n) is 4.23. The molecule has 3 heteroatoms. The maximum absolute atomic E-state index is 7.54. The van der Waals surface area contributed by atoms with Gasteiger partial charge in [0.1, 0.15) is 5.17 Å². The third-order valence-corrected chi connectivity index (χ3v) is 2.07. The minimum Gasteiger partial charge on any atom is -0.305 e. The molecule has 0 aromatic heterocycles. The van der Waals surface area contributed by atoms with Crippen LogP contribution in [0.4, 0.5) is 0 Å². The molecule has 0 unspecified atom stereocenters. The van der Waals surface area contributed by atoms with Crippen molar-refractivity contribution in [2.24, 2.45) is 4.99 Å². The molecule has 1 heterocycles. The van der Waals surface area contributed by atoms with Gasteiger partial charge in [-0.1, -0.05) is 18.5 Å². The number of hydrogen-bond donors (Lipinski definition) is 1. The van der Waals surface area contributed by atoms with E-state index in [9.17, 15) is 0 Å². The van der Waals surface area contributed by atoms with Crippen LogP contribution >= 0.6 is 11.6 Å². The van der Waals surface area contributed by atoms with E-state index in [-0.39, 0.29) is 0 Å². The molecule has 2 nitrogen and oxygen atoms in total. The second-order valence-corrected chi connectivity index (χ2v) is 3.29. The van der Waals surface area contributed by atoms with Crippen molar-refractivity contribution in [2.45, 2.75) is 32.6 Å². The van der Waals surface area contributed by atoms with Crippen LogP contribution in [-0.2, 0) is 0 Å². The topological polar surface area (TPSA) is 36.2 Å². The highest BCUT2D eigenvalue weighted by Crippen LogP contribution is 2.13. The van der Waals surface area contributed by atoms with E-state index in [1.807, 2.05) is 13.0 Å². The van der Waals surface area contributed by atoms with Gasteiger partial charge in [-0.05, 0) is 25.3 Å². The zero-order chi connectivity index (χ0) is 8.97. The monoisotopic (exact) mass is 184 g/mol. The van der Waals surface area contributed by atoms with Crippen LogP contribution < -0.4 is 0 Å². The van der Waals surface area contributed by atoms with Crippen LogP contribution in [0.1, 0.15) is 32.6 Å². The van der Waals surface area contributed by atoms with Crippen LogP contribution in [0.3, 0.4) is 0 Å². The van der Waals surface area contributed by atoms with Gasteiger partial charge in [0.05, 0.1) is 0 Å². The Hall–Kier alpha value is -0.630. The molecule has 66 valence electrons. The Balaban J connectivity index is 2.83. The molecule has 0 bridgehead atoms. The van der Waals surface area contributed by atoms with Crippen LogP contribution in [0.25, 0.3) is 0 Å². The zero-order valence-electron chi connectivity index (χ0n) is 7.23. The third-order valence-electron chi connectivity index (χ3n) is 1.80. The second kappa shape index (κ2) is 4.41. The molecule has 1 aliphatic heterocycles. The van der Waals surface area contributed by atoms with E-state index < -0.39 is 0 Å². The summed E-state index contributed by atoms with van der Waals surface area (Å²) in [4.78, 5) is 4.21. The van der Waals surface area contributed by atoms with Gasteiger partial charge in [0.15, 0.2) is 0 Å². The zero-order valence-corrected chi connectivity index (χ0v) is 7.99. The van der Waals surface area contributed by atoms with Crippen molar-refractivity contribution in [1.29, 1.82) is 5.41 Å². The van der Waals surface area contributed by atoms with Gasteiger partial charge in [-0.25, -0.2) is 4.99 Å². The maximum atomic E-state index is 7.54. The number of halogens is 1. The standard InChI is InChI=1S/C9H13ClN2/c1-2-8-6-7(11)4-3-5-9(10)12-8/h6,11H,2-5H2,1H3/b8-6-,11-7?,12-9?. The third kappa shape index (κ3) is 2.78. The van der Waals surface area contributed by atoms with Crippen molar-refractivity contribution in [3.8, 4) is 0 Å². The lowest BCUT2D eigenvalue weighted by Crippen LogP contribution is -2.00. The molecule has 0 aromatic rings. The van der Waals surface area contributed by atoms with Gasteiger partial charge in [0.25, 0.3) is 0 Å². The molecular weight excluding hydrogens is 172 g/mol. The van der Waals surface area contributed by atoms with Gasteiger partial charge in [0, 0.05) is 17.8 Å². The highest BCUT2D eigenvalue weighted by Gasteiger charge is 2.04. The van der Waals surface area contributed by atoms with Crippen LogP contribution in [0.2, 0.25) is 0 Å². The lowest BCUT2D eigenvalue weighted by atomic mass is 10.1. The van der Waals surface area contributed by atoms with Crippen LogP contribution in [-0.4, -0.2) is 10.9 Å². The van der Waals surface area contributed by atoms with Gasteiger partial charge in [-0.3, -0.25) is 0 Å². The Labute approximate surface area is 77.8 Å². The quantitative estimate of drug-likeness (QED) is 0.650. The lowest BCUT2D eigenvalue weighted by molar-refractivity contribution is 0.911. The molecule has 12 heavy (non-hydrogen) atoms. The molecule has 0 amide bonds. The van der Waals surface area contributed by atoms with Gasteiger partial charge in [0.2, 0.25) is 0 Å². The summed E-state index contributed by atoms with van der Waals surface area (Å²) in [6.07, 6.45) is 5.23. The lowest BCUT2D eigenvalue weighted by Gasteiger charge is -2.06. The van der Waals surface area contributed by atoms with E-state index >= 15 is 0 Å². The summed E-state index contributed by atoms with van der Waals surface area (Å²) in [5.41, 5.74) is 1.59. The maximum Gasteiger partial charge on any atom is 0.106 e. The Bertz CT molecular complexity index is 241. The number of hydrogen-bond acceptors (Lipinski definition) is 2. The van der Waals surface area contributed by atoms with Crippen molar-refractivity contribution >= 4 is 22.5 Å². The summed E-state index contributed by atoms with van der Waals surface area (Å²) < 4.78 is 0. The van der Waals surface area contributed by atoms with E-state index in [0.29, 0.717) is 10.9 Å². The average molecular weight is 185 g/mol. The van der Waals surface area contributed by atoms with Crippen LogP contribution in [0.5, 0.6) is 0 Å². The van der Waals surface area contributed by atoms with Crippen LogP contribution in [0, 0.1) is 5.41 Å². The van der Waals surface area contributed by atoms with Crippen molar-refractivity contribution in [3.05, 3.63) is 11.8 Å². The average Bonchev–Trinajstić information content (AvgIpc) is 2.00. The van der Waals surface area contributed by atoms with Gasteiger partial charge >= 0.3 is 0 Å². The van der Waals surface area contributed by atoms with E-state index in [4.69, 9.17) is 17.0 Å². The van der Waals surface area contributed by atoms with Crippen molar-refractivity contribution in [1.82, 2.24) is 0 Å². The number of nitrogens with one attached hydrogen (secondary N) is 1. The molecule has 0 radical (unpaired) electrons. The van der Waals surface area contributed by atoms with Crippen molar-refractivity contribution in [2.75, 3.05) is 0 Å². The summed E-state index contributed by atoms with van der Waals surface area (Å²) in [5.74, 6) is 0. The first-order chi connectivity index (χ1) is 5.72. The minimum atomic E-state index is 0.666. The first kappa shape index (κ1) is 9.46. The molecular formula is C9H13ClN2. The molecule has 0 aliphatic carbocycles. The Kier molecular flexibility index (Phi) is 3.48. The molecule has 0 atom stereocenters. The number of rotatable bonds is 1. The SMILES string of the molecule is CC/C1=C/C(=N)CCCC(Cl)=N1. The molecule has 0 fully saturated rings. The fourth-order valence-electron chi connectivity index (χ4n) is 1.12. The van der Waals surface area contributed by atoms with Gasteiger partial charge in [-0.15, -0.1) is 0 Å². The summed E-state index contributed by atoms with van der Waals surface area (Å²) >= 11 is 5.85. The van der Waals surface area contributed by atoms with Crippen LogP contribution in [0.15, 0.2) is 16.8 Å².